The van der Waals surface area contributed by atoms with Crippen molar-refractivity contribution in [3.63, 3.8) is 0 Å². The van der Waals surface area contributed by atoms with E-state index in [0.717, 1.165) is 0 Å². The molecule has 1 aromatic carbocycles. The number of benzene rings is 1. The van der Waals surface area contributed by atoms with Gasteiger partial charge < -0.3 is 14.7 Å². The number of amides is 1. The maximum absolute atomic E-state index is 13.3. The van der Waals surface area contributed by atoms with Crippen LogP contribution in [0.15, 0.2) is 28.9 Å². The molecule has 25 heavy (non-hydrogen) atoms. The standard InChI is InChI=1S/C17H20FN3O4/c1-11-14(20-25-19-11)9-16(22)21-7-6-17(2,23)15(10-21)24-13-5-3-4-12(18)8-13/h3-5,8,15,23H,6-7,9-10H2,1-2H3/t15-,17-/m1/s1. The van der Waals surface area contributed by atoms with Crippen LogP contribution in [0.1, 0.15) is 24.7 Å². The first kappa shape index (κ1) is 17.3. The van der Waals surface area contributed by atoms with E-state index in [-0.39, 0.29) is 18.9 Å². The van der Waals surface area contributed by atoms with E-state index in [1.54, 1.807) is 24.8 Å². The summed E-state index contributed by atoms with van der Waals surface area (Å²) in [5.41, 5.74) is -0.0519. The molecule has 1 saturated heterocycles. The van der Waals surface area contributed by atoms with E-state index in [1.165, 1.54) is 18.2 Å². The van der Waals surface area contributed by atoms with E-state index < -0.39 is 17.5 Å². The molecule has 0 bridgehead atoms. The minimum absolute atomic E-state index is 0.0736. The molecule has 7 nitrogen and oxygen atoms in total. The molecule has 1 aliphatic heterocycles. The summed E-state index contributed by atoms with van der Waals surface area (Å²) >= 11 is 0. The molecule has 2 heterocycles. The number of nitrogens with zero attached hydrogens (tertiary/aromatic N) is 3. The predicted molar refractivity (Wildman–Crippen MR) is 85.4 cm³/mol. The second-order valence-electron chi connectivity index (χ2n) is 6.48. The summed E-state index contributed by atoms with van der Waals surface area (Å²) in [6.45, 7) is 3.98. The van der Waals surface area contributed by atoms with Gasteiger partial charge in [0.15, 0.2) is 0 Å². The lowest BCUT2D eigenvalue weighted by Gasteiger charge is -2.42. The van der Waals surface area contributed by atoms with Crippen LogP contribution in [0.3, 0.4) is 0 Å². The summed E-state index contributed by atoms with van der Waals surface area (Å²) in [5, 5.41) is 18.0. The lowest BCUT2D eigenvalue weighted by molar-refractivity contribution is -0.142. The summed E-state index contributed by atoms with van der Waals surface area (Å²) in [5.74, 6) is -0.256. The van der Waals surface area contributed by atoms with E-state index in [1.807, 2.05) is 0 Å². The summed E-state index contributed by atoms with van der Waals surface area (Å²) in [6.07, 6.45) is -0.234. The van der Waals surface area contributed by atoms with Crippen LogP contribution in [0.25, 0.3) is 0 Å². The zero-order valence-corrected chi connectivity index (χ0v) is 14.1. The van der Waals surface area contributed by atoms with Gasteiger partial charge in [-0.1, -0.05) is 16.4 Å². The average Bonchev–Trinajstić information content (AvgIpc) is 2.94. The molecule has 8 heteroatoms. The van der Waals surface area contributed by atoms with Gasteiger partial charge >= 0.3 is 0 Å². The molecule has 1 amide bonds. The quantitative estimate of drug-likeness (QED) is 0.900. The Labute approximate surface area is 144 Å². The number of hydrogen-bond acceptors (Lipinski definition) is 6. The monoisotopic (exact) mass is 349 g/mol. The van der Waals surface area contributed by atoms with Gasteiger partial charge in [0.1, 0.15) is 34.7 Å². The molecule has 1 aromatic heterocycles. The van der Waals surface area contributed by atoms with Crippen molar-refractivity contribution < 1.29 is 23.7 Å². The highest BCUT2D eigenvalue weighted by atomic mass is 19.1. The Morgan fingerprint density at radius 3 is 3.00 bits per heavy atom. The molecule has 0 unspecified atom stereocenters. The highest BCUT2D eigenvalue weighted by molar-refractivity contribution is 5.78. The van der Waals surface area contributed by atoms with Crippen molar-refractivity contribution in [2.45, 2.75) is 38.4 Å². The number of halogens is 1. The normalized spacial score (nSPS) is 23.5. The maximum Gasteiger partial charge on any atom is 0.228 e. The van der Waals surface area contributed by atoms with Crippen LogP contribution >= 0.6 is 0 Å². The Morgan fingerprint density at radius 1 is 1.52 bits per heavy atom. The fraction of sp³-hybridized carbons (Fsp3) is 0.471. The molecule has 0 aliphatic carbocycles. The molecule has 2 aromatic rings. The number of hydrogen-bond donors (Lipinski definition) is 1. The third kappa shape index (κ3) is 3.96. The van der Waals surface area contributed by atoms with E-state index >= 15 is 0 Å². The first-order valence-corrected chi connectivity index (χ1v) is 8.05. The zero-order valence-electron chi connectivity index (χ0n) is 14.1. The third-order valence-corrected chi connectivity index (χ3v) is 4.46. The van der Waals surface area contributed by atoms with Gasteiger partial charge in [-0.15, -0.1) is 0 Å². The number of piperidine rings is 1. The Kier molecular flexibility index (Phi) is 4.71. The molecule has 0 spiro atoms. The van der Waals surface area contributed by atoms with Gasteiger partial charge in [-0.05, 0) is 32.4 Å². The largest absolute Gasteiger partial charge is 0.485 e. The van der Waals surface area contributed by atoms with Gasteiger partial charge in [-0.25, -0.2) is 9.02 Å². The maximum atomic E-state index is 13.3. The van der Waals surface area contributed by atoms with E-state index in [2.05, 4.69) is 14.9 Å². The number of aromatic nitrogens is 2. The molecule has 1 aliphatic rings. The van der Waals surface area contributed by atoms with Crippen LogP contribution in [-0.2, 0) is 11.2 Å². The second kappa shape index (κ2) is 6.79. The SMILES string of the molecule is Cc1nonc1CC(=O)N1CC[C@@](C)(O)[C@H](Oc2cccc(F)c2)C1. The van der Waals surface area contributed by atoms with Crippen LogP contribution in [0.4, 0.5) is 4.39 Å². The van der Waals surface area contributed by atoms with Gasteiger partial charge in [0, 0.05) is 12.6 Å². The number of carbonyl (C=O) groups excluding carboxylic acids is 1. The van der Waals surface area contributed by atoms with Crippen molar-refractivity contribution >= 4 is 5.91 Å². The number of aryl methyl sites for hydroxylation is 1. The highest BCUT2D eigenvalue weighted by Crippen LogP contribution is 2.27. The number of ether oxygens (including phenoxy) is 1. The summed E-state index contributed by atoms with van der Waals surface area (Å²) < 4.78 is 23.7. The first-order valence-electron chi connectivity index (χ1n) is 8.05. The molecule has 1 fully saturated rings. The number of aliphatic hydroxyl groups is 1. The van der Waals surface area contributed by atoms with E-state index in [0.29, 0.717) is 30.1 Å². The van der Waals surface area contributed by atoms with Crippen LogP contribution < -0.4 is 4.74 Å². The van der Waals surface area contributed by atoms with Crippen molar-refractivity contribution in [3.05, 3.63) is 41.5 Å². The van der Waals surface area contributed by atoms with Crippen LogP contribution in [0.5, 0.6) is 5.75 Å². The minimum atomic E-state index is -1.12. The average molecular weight is 349 g/mol. The van der Waals surface area contributed by atoms with Gasteiger partial charge in [0.05, 0.1) is 13.0 Å². The second-order valence-corrected chi connectivity index (χ2v) is 6.48. The van der Waals surface area contributed by atoms with Gasteiger partial charge in [-0.2, -0.15) is 0 Å². The van der Waals surface area contributed by atoms with E-state index in [4.69, 9.17) is 4.74 Å². The fourth-order valence-corrected chi connectivity index (χ4v) is 2.77. The highest BCUT2D eigenvalue weighted by Gasteiger charge is 2.41. The predicted octanol–water partition coefficient (Wildman–Crippen LogP) is 1.49. The first-order chi connectivity index (χ1) is 11.8. The fourth-order valence-electron chi connectivity index (χ4n) is 2.77. The van der Waals surface area contributed by atoms with Gasteiger partial charge in [0.25, 0.3) is 0 Å². The minimum Gasteiger partial charge on any atom is -0.485 e. The smallest absolute Gasteiger partial charge is 0.228 e. The van der Waals surface area contributed by atoms with Gasteiger partial charge in [0.2, 0.25) is 5.91 Å². The molecule has 1 N–H and O–H groups in total. The number of likely N-dealkylation sites (tertiary alicyclic amines) is 1. The van der Waals surface area contributed by atoms with Crippen molar-refractivity contribution in [1.82, 2.24) is 15.2 Å². The number of carbonyl (C=O) groups is 1. The van der Waals surface area contributed by atoms with Crippen LogP contribution in [0, 0.1) is 12.7 Å². The molecule has 2 atom stereocenters. The molecule has 134 valence electrons. The van der Waals surface area contributed by atoms with Gasteiger partial charge in [-0.3, -0.25) is 4.79 Å². The molecule has 0 saturated carbocycles. The third-order valence-electron chi connectivity index (χ3n) is 4.46. The number of rotatable bonds is 4. The van der Waals surface area contributed by atoms with Crippen molar-refractivity contribution in [1.29, 1.82) is 0 Å². The Bertz CT molecular complexity index is 762. The molecular formula is C17H20FN3O4. The lowest BCUT2D eigenvalue weighted by atomic mass is 9.90. The molecule has 3 rings (SSSR count). The topological polar surface area (TPSA) is 88.7 Å². The summed E-state index contributed by atoms with van der Waals surface area (Å²) in [4.78, 5) is 14.1. The Balaban J connectivity index is 1.69. The Hall–Kier alpha value is -2.48. The molecular weight excluding hydrogens is 329 g/mol. The summed E-state index contributed by atoms with van der Waals surface area (Å²) in [6, 6.07) is 5.72. The zero-order chi connectivity index (χ0) is 18.0. The van der Waals surface area contributed by atoms with Crippen molar-refractivity contribution in [2.24, 2.45) is 0 Å². The van der Waals surface area contributed by atoms with Crippen molar-refractivity contribution in [2.75, 3.05) is 13.1 Å². The van der Waals surface area contributed by atoms with Crippen molar-refractivity contribution in [3.8, 4) is 5.75 Å². The van der Waals surface area contributed by atoms with Crippen LogP contribution in [-0.4, -0.2) is 51.0 Å². The Morgan fingerprint density at radius 2 is 2.32 bits per heavy atom. The van der Waals surface area contributed by atoms with Crippen LogP contribution in [0.2, 0.25) is 0 Å². The summed E-state index contributed by atoms with van der Waals surface area (Å²) in [7, 11) is 0. The molecule has 0 radical (unpaired) electrons. The lowest BCUT2D eigenvalue weighted by Crippen LogP contribution is -2.57. The van der Waals surface area contributed by atoms with E-state index in [9.17, 15) is 14.3 Å².